The van der Waals surface area contributed by atoms with Gasteiger partial charge in [-0.1, -0.05) is 0 Å². The van der Waals surface area contributed by atoms with Gasteiger partial charge in [0.1, 0.15) is 11.6 Å². The second-order valence-corrected chi connectivity index (χ2v) is 8.56. The maximum Gasteiger partial charge on any atom is 0.387 e. The van der Waals surface area contributed by atoms with Crippen LogP contribution in [-0.2, 0) is 0 Å². The first-order valence-corrected chi connectivity index (χ1v) is 11.3. The van der Waals surface area contributed by atoms with Crippen LogP contribution in [0.2, 0.25) is 0 Å². The van der Waals surface area contributed by atoms with E-state index in [9.17, 15) is 13.6 Å². The summed E-state index contributed by atoms with van der Waals surface area (Å²) in [6.07, 6.45) is 7.65. The summed E-state index contributed by atoms with van der Waals surface area (Å²) in [5.74, 6) is -0.102. The molecule has 4 aromatic rings. The second kappa shape index (κ2) is 9.75. The number of likely N-dealkylation sites (tertiary alicyclic amines) is 1. The molecule has 1 amide bonds. The van der Waals surface area contributed by atoms with Crippen LogP contribution in [0.15, 0.2) is 61.1 Å². The molecule has 0 saturated carbocycles. The fourth-order valence-corrected chi connectivity index (χ4v) is 4.15. The maximum absolute atomic E-state index is 12.6. The van der Waals surface area contributed by atoms with Gasteiger partial charge in [0.05, 0.1) is 23.4 Å². The van der Waals surface area contributed by atoms with Crippen LogP contribution < -0.4 is 10.1 Å². The van der Waals surface area contributed by atoms with Crippen LogP contribution in [0.5, 0.6) is 5.75 Å². The van der Waals surface area contributed by atoms with Gasteiger partial charge < -0.3 is 15.0 Å². The molecule has 1 aliphatic rings. The highest BCUT2D eigenvalue weighted by atomic mass is 19.3. The van der Waals surface area contributed by atoms with E-state index < -0.39 is 12.5 Å². The monoisotopic (exact) mass is 478 g/mol. The number of pyridine rings is 2. The van der Waals surface area contributed by atoms with Gasteiger partial charge in [0.2, 0.25) is 0 Å². The lowest BCUT2D eigenvalue weighted by molar-refractivity contribution is -0.0498. The summed E-state index contributed by atoms with van der Waals surface area (Å²) in [5, 5.41) is 8.13. The first kappa shape index (κ1) is 22.9. The molecule has 1 saturated heterocycles. The van der Waals surface area contributed by atoms with E-state index >= 15 is 0 Å². The summed E-state index contributed by atoms with van der Waals surface area (Å²) in [4.78, 5) is 23.9. The Labute approximate surface area is 200 Å². The number of nitrogens with zero attached hydrogens (tertiary/aromatic N) is 5. The highest BCUT2D eigenvalue weighted by Crippen LogP contribution is 2.26. The Balaban J connectivity index is 1.32. The Morgan fingerprint density at radius 1 is 1.11 bits per heavy atom. The predicted molar refractivity (Wildman–Crippen MR) is 128 cm³/mol. The highest BCUT2D eigenvalue weighted by molar-refractivity contribution is 6.04. The number of amides is 1. The lowest BCUT2D eigenvalue weighted by atomic mass is 10.1. The average molecular weight is 479 g/mol. The zero-order valence-corrected chi connectivity index (χ0v) is 19.1. The topological polar surface area (TPSA) is 85.2 Å². The SMILES string of the molecule is CN1CCC(n2cc(-c3ccc4cnc(NC(=O)c5ccc(OC(F)F)cc5)cc4n3)cn2)CC1. The van der Waals surface area contributed by atoms with Gasteiger partial charge in [0.15, 0.2) is 0 Å². The van der Waals surface area contributed by atoms with Gasteiger partial charge in [0, 0.05) is 35.0 Å². The van der Waals surface area contributed by atoms with E-state index in [2.05, 4.69) is 32.1 Å². The number of rotatable bonds is 6. The van der Waals surface area contributed by atoms with Crippen molar-refractivity contribution in [2.45, 2.75) is 25.5 Å². The molecule has 3 aromatic heterocycles. The molecule has 1 aromatic carbocycles. The standard InChI is InChI=1S/C25H24F2N6O2/c1-32-10-8-19(9-11-32)33-15-18(14-29-33)21-7-4-17-13-28-23(12-22(17)30-21)31-24(34)16-2-5-20(6-3-16)35-25(26)27/h2-7,12-15,19,25H,8-11H2,1H3,(H,28,31,34). The first-order chi connectivity index (χ1) is 16.9. The highest BCUT2D eigenvalue weighted by Gasteiger charge is 2.19. The molecular formula is C25H24F2N6O2. The number of halogens is 2. The largest absolute Gasteiger partial charge is 0.435 e. The molecule has 0 bridgehead atoms. The molecule has 0 unspecified atom stereocenters. The van der Waals surface area contributed by atoms with Crippen molar-refractivity contribution in [1.82, 2.24) is 24.6 Å². The zero-order valence-electron chi connectivity index (χ0n) is 19.1. The summed E-state index contributed by atoms with van der Waals surface area (Å²) < 4.78 is 31.0. The zero-order chi connectivity index (χ0) is 24.4. The van der Waals surface area contributed by atoms with E-state index in [4.69, 9.17) is 4.98 Å². The van der Waals surface area contributed by atoms with E-state index in [-0.39, 0.29) is 11.3 Å². The van der Waals surface area contributed by atoms with Crippen molar-refractivity contribution >= 4 is 22.6 Å². The minimum atomic E-state index is -2.92. The molecule has 0 aliphatic carbocycles. The third-order valence-electron chi connectivity index (χ3n) is 6.12. The van der Waals surface area contributed by atoms with Gasteiger partial charge in [-0.2, -0.15) is 13.9 Å². The Hall–Kier alpha value is -3.92. The van der Waals surface area contributed by atoms with Crippen molar-refractivity contribution < 1.29 is 18.3 Å². The average Bonchev–Trinajstić information content (AvgIpc) is 3.34. The minimum absolute atomic E-state index is 0.0174. The van der Waals surface area contributed by atoms with Gasteiger partial charge in [-0.15, -0.1) is 0 Å². The van der Waals surface area contributed by atoms with Crippen molar-refractivity contribution in [1.29, 1.82) is 0 Å². The number of benzene rings is 1. The number of anilines is 1. The van der Waals surface area contributed by atoms with Crippen molar-refractivity contribution in [3.63, 3.8) is 0 Å². The lowest BCUT2D eigenvalue weighted by Gasteiger charge is -2.28. The third kappa shape index (κ3) is 5.27. The smallest absolute Gasteiger partial charge is 0.387 e. The molecule has 10 heteroatoms. The number of piperidine rings is 1. The molecule has 0 spiro atoms. The van der Waals surface area contributed by atoms with E-state index in [1.807, 2.05) is 29.2 Å². The first-order valence-electron chi connectivity index (χ1n) is 11.3. The lowest BCUT2D eigenvalue weighted by Crippen LogP contribution is -2.31. The van der Waals surface area contributed by atoms with Crippen LogP contribution in [0.4, 0.5) is 14.6 Å². The third-order valence-corrected chi connectivity index (χ3v) is 6.12. The van der Waals surface area contributed by atoms with Crippen molar-refractivity contribution in [3.8, 4) is 17.0 Å². The van der Waals surface area contributed by atoms with Gasteiger partial charge >= 0.3 is 6.61 Å². The Bertz CT molecular complexity index is 1330. The number of alkyl halides is 2. The molecular weight excluding hydrogens is 454 g/mol. The Morgan fingerprint density at radius 2 is 1.89 bits per heavy atom. The molecule has 8 nitrogen and oxygen atoms in total. The summed E-state index contributed by atoms with van der Waals surface area (Å²) >= 11 is 0. The predicted octanol–water partition coefficient (Wildman–Crippen LogP) is 4.61. The number of nitrogens with one attached hydrogen (secondary N) is 1. The Morgan fingerprint density at radius 3 is 2.63 bits per heavy atom. The number of carbonyl (C=O) groups is 1. The van der Waals surface area contributed by atoms with Crippen molar-refractivity contribution in [3.05, 3.63) is 66.6 Å². The van der Waals surface area contributed by atoms with Gasteiger partial charge in [-0.25, -0.2) is 9.97 Å². The van der Waals surface area contributed by atoms with Crippen LogP contribution in [-0.4, -0.2) is 57.3 Å². The summed E-state index contributed by atoms with van der Waals surface area (Å²) in [6, 6.07) is 11.4. The van der Waals surface area contributed by atoms with Crippen LogP contribution >= 0.6 is 0 Å². The number of ether oxygens (including phenoxy) is 1. The minimum Gasteiger partial charge on any atom is -0.435 e. The van der Waals surface area contributed by atoms with Crippen molar-refractivity contribution in [2.75, 3.05) is 25.5 Å². The van der Waals surface area contributed by atoms with E-state index in [1.165, 1.54) is 24.3 Å². The van der Waals surface area contributed by atoms with Crippen LogP contribution in [0.25, 0.3) is 22.2 Å². The molecule has 1 fully saturated rings. The molecule has 1 N–H and O–H groups in total. The van der Waals surface area contributed by atoms with E-state index in [0.29, 0.717) is 17.4 Å². The molecule has 5 rings (SSSR count). The number of aromatic nitrogens is 4. The van der Waals surface area contributed by atoms with E-state index in [0.717, 1.165) is 42.6 Å². The van der Waals surface area contributed by atoms with E-state index in [1.54, 1.807) is 12.3 Å². The van der Waals surface area contributed by atoms with Gasteiger partial charge in [-0.3, -0.25) is 9.48 Å². The Kier molecular flexibility index (Phi) is 6.37. The summed E-state index contributed by atoms with van der Waals surface area (Å²) in [7, 11) is 2.14. The molecule has 0 radical (unpaired) electrons. The quantitative estimate of drug-likeness (QED) is 0.436. The fraction of sp³-hybridized carbons (Fsp3) is 0.280. The van der Waals surface area contributed by atoms with Gasteiger partial charge in [0.25, 0.3) is 5.91 Å². The summed E-state index contributed by atoms with van der Waals surface area (Å²) in [5.41, 5.74) is 2.69. The second-order valence-electron chi connectivity index (χ2n) is 8.56. The fourth-order valence-electron chi connectivity index (χ4n) is 4.15. The summed E-state index contributed by atoms with van der Waals surface area (Å²) in [6.45, 7) is -0.802. The van der Waals surface area contributed by atoms with Crippen LogP contribution in [0.1, 0.15) is 29.2 Å². The number of carbonyl (C=O) groups excluding carboxylic acids is 1. The number of fused-ring (bicyclic) bond motifs is 1. The number of hydrogen-bond acceptors (Lipinski definition) is 6. The van der Waals surface area contributed by atoms with Crippen LogP contribution in [0.3, 0.4) is 0 Å². The molecule has 4 heterocycles. The molecule has 0 atom stereocenters. The molecule has 180 valence electrons. The molecule has 35 heavy (non-hydrogen) atoms. The van der Waals surface area contributed by atoms with Gasteiger partial charge in [-0.05, 0) is 69.4 Å². The van der Waals surface area contributed by atoms with Crippen LogP contribution in [0, 0.1) is 0 Å². The number of hydrogen-bond donors (Lipinski definition) is 1. The molecule has 1 aliphatic heterocycles. The van der Waals surface area contributed by atoms with Crippen molar-refractivity contribution in [2.24, 2.45) is 0 Å². The normalized spacial score (nSPS) is 15.0. The maximum atomic E-state index is 12.6.